The predicted molar refractivity (Wildman–Crippen MR) is 113 cm³/mol. The normalized spacial score (nSPS) is 11.9. The highest BCUT2D eigenvalue weighted by molar-refractivity contribution is 8.16. The summed E-state index contributed by atoms with van der Waals surface area (Å²) in [4.78, 5) is 2.44. The highest BCUT2D eigenvalue weighted by Gasteiger charge is 2.09. The molecule has 0 unspecified atom stereocenters. The van der Waals surface area contributed by atoms with E-state index in [-0.39, 0.29) is 0 Å². The van der Waals surface area contributed by atoms with Gasteiger partial charge in [-0.25, -0.2) is 46.4 Å². The molecule has 0 aliphatic carbocycles. The van der Waals surface area contributed by atoms with E-state index in [0.29, 0.717) is 0 Å². The Balaban J connectivity index is 0.000000975. The zero-order valence-corrected chi connectivity index (χ0v) is 21.7. The van der Waals surface area contributed by atoms with Crippen molar-refractivity contribution in [2.45, 2.75) is 0 Å². The van der Waals surface area contributed by atoms with Gasteiger partial charge in [0.2, 0.25) is 0 Å². The summed E-state index contributed by atoms with van der Waals surface area (Å²) in [6.45, 7) is 0. The van der Waals surface area contributed by atoms with Crippen LogP contribution in [-0.2, 0) is 0 Å². The number of benzene rings is 2. The van der Waals surface area contributed by atoms with Gasteiger partial charge in [0.15, 0.2) is 12.4 Å². The molecule has 0 saturated carbocycles. The molecule has 0 amide bonds. The Kier molecular flexibility index (Phi) is 15.5. The second-order valence-electron chi connectivity index (χ2n) is 6.88. The van der Waals surface area contributed by atoms with Gasteiger partial charge in [-0.1, -0.05) is 72.4 Å². The van der Waals surface area contributed by atoms with Gasteiger partial charge < -0.3 is 0 Å². The quantitative estimate of drug-likeness (QED) is 0.251. The fourth-order valence-electron chi connectivity index (χ4n) is 2.14. The molecule has 192 valence electrons. The van der Waals surface area contributed by atoms with E-state index in [2.05, 4.69) is 94.4 Å². The van der Waals surface area contributed by atoms with Gasteiger partial charge in [0, 0.05) is 22.0 Å². The minimum Gasteiger partial charge on any atom is -0.241 e. The fraction of sp³-hybridized carbons (Fsp3) is 0.182. The lowest BCUT2D eigenvalue weighted by Crippen LogP contribution is -2.68. The van der Waals surface area contributed by atoms with Crippen molar-refractivity contribution in [1.82, 2.24) is 0 Å². The predicted octanol–water partition coefficient (Wildman–Crippen LogP) is -5.02. The molecular weight excluding hydrogens is 523 g/mol. The van der Waals surface area contributed by atoms with Crippen molar-refractivity contribution in [3.63, 3.8) is 0 Å². The van der Waals surface area contributed by atoms with Crippen LogP contribution in [0.1, 0.15) is 11.1 Å². The highest BCUT2D eigenvalue weighted by atomic mass is 35.7. The minimum atomic E-state index is -4.94. The molecular formula is C22H26Cl2N2O8S. The number of allylic oxidation sites excluding steroid dienone is 2. The third-order valence-electron chi connectivity index (χ3n) is 3.38. The van der Waals surface area contributed by atoms with Crippen LogP contribution in [0.3, 0.4) is 0 Å². The van der Waals surface area contributed by atoms with Gasteiger partial charge in [0.25, 0.3) is 0 Å². The average molecular weight is 549 g/mol. The maximum Gasteiger partial charge on any atom is 0.164 e. The van der Waals surface area contributed by atoms with E-state index in [1.165, 1.54) is 20.9 Å². The molecule has 0 N–H and O–H groups in total. The number of rotatable bonds is 6. The summed E-state index contributed by atoms with van der Waals surface area (Å²) in [5.41, 5.74) is 2.44. The van der Waals surface area contributed by atoms with E-state index in [9.17, 15) is 0 Å². The van der Waals surface area contributed by atoms with Crippen molar-refractivity contribution in [3.05, 3.63) is 83.9 Å². The Bertz CT molecular complexity index is 902. The molecule has 0 radical (unpaired) electrons. The largest absolute Gasteiger partial charge is 0.241 e. The van der Waals surface area contributed by atoms with Gasteiger partial charge in [0.1, 0.15) is 28.2 Å². The molecule has 0 fully saturated rings. The van der Waals surface area contributed by atoms with Gasteiger partial charge in [-0.3, -0.25) is 0 Å². The van der Waals surface area contributed by atoms with Gasteiger partial charge in [-0.15, -0.1) is 20.5 Å². The molecule has 35 heavy (non-hydrogen) atoms. The molecule has 0 saturated heterocycles. The van der Waals surface area contributed by atoms with E-state index in [4.69, 9.17) is 37.3 Å². The molecule has 0 aliphatic heterocycles. The zero-order valence-electron chi connectivity index (χ0n) is 19.4. The maximum atomic E-state index is 8.49. The van der Waals surface area contributed by atoms with Crippen molar-refractivity contribution in [3.8, 4) is 0 Å². The zero-order chi connectivity index (χ0) is 27.1. The summed E-state index contributed by atoms with van der Waals surface area (Å²) in [6, 6.07) is 21.0. The monoisotopic (exact) mass is 548 g/mol. The number of thioether (sulfide) groups is 1. The first-order valence-corrected chi connectivity index (χ1v) is 12.8. The fourth-order valence-corrected chi connectivity index (χ4v) is 3.14. The maximum absolute atomic E-state index is 8.49. The van der Waals surface area contributed by atoms with Crippen LogP contribution in [0.5, 0.6) is 0 Å². The Labute approximate surface area is 212 Å². The Hall–Kier alpha value is -2.13. The first kappa shape index (κ1) is 32.9. The molecule has 10 nitrogen and oxygen atoms in total. The molecule has 0 aromatic heterocycles. The minimum absolute atomic E-state index is 1.22. The summed E-state index contributed by atoms with van der Waals surface area (Å²) in [6.07, 6.45) is 8.53. The molecule has 2 aromatic carbocycles. The van der Waals surface area contributed by atoms with Crippen LogP contribution in [-0.4, -0.2) is 49.8 Å². The van der Waals surface area contributed by atoms with Crippen molar-refractivity contribution < 1.29 is 66.9 Å². The molecule has 0 bridgehead atoms. The van der Waals surface area contributed by atoms with Crippen LogP contribution >= 0.6 is 11.8 Å². The van der Waals surface area contributed by atoms with Gasteiger partial charge in [0.05, 0.1) is 0 Å². The highest BCUT2D eigenvalue weighted by Crippen LogP contribution is 2.38. The number of hydrogen-bond donors (Lipinski definition) is 0. The molecule has 0 atom stereocenters. The second-order valence-corrected chi connectivity index (χ2v) is 9.47. The van der Waals surface area contributed by atoms with Crippen LogP contribution < -0.4 is 37.3 Å². The number of nitrogens with zero attached hydrogens (tertiary/aromatic N) is 2. The molecule has 2 aromatic rings. The van der Waals surface area contributed by atoms with Crippen LogP contribution in [0.2, 0.25) is 0 Å². The topological polar surface area (TPSA) is 190 Å². The standard InChI is InChI=1S/C22H26N2S.2ClHO4/c1-23(2)17-15-21(19-11-7-5-8-12-19)25-22(16-18-24(3)4)20-13-9-6-10-14-20;2*2-1(3,4)5/h5-18H,1-4H3;2*(H,2,3,4,5)/q+2;;/p-2/b21-15+,22-16+;;. The van der Waals surface area contributed by atoms with E-state index < -0.39 is 20.5 Å². The smallest absolute Gasteiger partial charge is 0.164 e. The molecule has 13 heteroatoms. The van der Waals surface area contributed by atoms with Gasteiger partial charge in [-0.05, 0) is 11.1 Å². The summed E-state index contributed by atoms with van der Waals surface area (Å²) >= 11 is 1.79. The lowest BCUT2D eigenvalue weighted by atomic mass is 10.2. The summed E-state index contributed by atoms with van der Waals surface area (Å²) in [7, 11) is -1.73. The Morgan fingerprint density at radius 2 is 0.829 bits per heavy atom. The molecule has 0 heterocycles. The average Bonchev–Trinajstić information content (AvgIpc) is 2.72. The molecule has 2 rings (SSSR count). The second kappa shape index (κ2) is 16.5. The van der Waals surface area contributed by atoms with Crippen molar-refractivity contribution in [1.29, 1.82) is 0 Å². The summed E-state index contributed by atoms with van der Waals surface area (Å²) < 4.78 is 72.1. The van der Waals surface area contributed by atoms with E-state index in [1.54, 1.807) is 11.8 Å². The summed E-state index contributed by atoms with van der Waals surface area (Å²) in [5, 5.41) is 0. The van der Waals surface area contributed by atoms with E-state index in [0.717, 1.165) is 0 Å². The Morgan fingerprint density at radius 3 is 1.06 bits per heavy atom. The van der Waals surface area contributed by atoms with Crippen molar-refractivity contribution >= 4 is 34.0 Å². The third kappa shape index (κ3) is 22.1. The molecule has 0 spiro atoms. The van der Waals surface area contributed by atoms with Crippen molar-refractivity contribution in [2.75, 3.05) is 28.2 Å². The van der Waals surface area contributed by atoms with Crippen LogP contribution in [0.4, 0.5) is 0 Å². The van der Waals surface area contributed by atoms with Gasteiger partial charge in [-0.2, -0.15) is 0 Å². The first-order chi connectivity index (χ1) is 16.1. The first-order valence-electron chi connectivity index (χ1n) is 9.51. The lowest BCUT2D eigenvalue weighted by Gasteiger charge is -2.17. The molecule has 0 aliphatic rings. The van der Waals surface area contributed by atoms with E-state index >= 15 is 0 Å². The van der Waals surface area contributed by atoms with Crippen LogP contribution in [0.15, 0.2) is 72.8 Å². The number of hydrogen-bond acceptors (Lipinski definition) is 9. The lowest BCUT2D eigenvalue weighted by molar-refractivity contribution is -2.00. The number of halogens is 2. The van der Waals surface area contributed by atoms with Crippen LogP contribution in [0, 0.1) is 20.5 Å². The Morgan fingerprint density at radius 1 is 0.571 bits per heavy atom. The van der Waals surface area contributed by atoms with Crippen LogP contribution in [0.25, 0.3) is 9.81 Å². The SMILES string of the molecule is C[N+](C)=C/C=C(/S/C(=C/C=[N+](C)C)c1ccccc1)c1ccccc1.[O-][Cl+3]([O-])([O-])[O-].[O-][Cl+3]([O-])([O-])[O-]. The van der Waals surface area contributed by atoms with Crippen molar-refractivity contribution in [2.24, 2.45) is 0 Å². The van der Waals surface area contributed by atoms with E-state index in [1.807, 2.05) is 28.2 Å². The van der Waals surface area contributed by atoms with Gasteiger partial charge >= 0.3 is 0 Å². The summed E-state index contributed by atoms with van der Waals surface area (Å²) in [5.74, 6) is 0. The third-order valence-corrected chi connectivity index (χ3v) is 4.57.